The van der Waals surface area contributed by atoms with E-state index in [9.17, 15) is 14.4 Å². The van der Waals surface area contributed by atoms with E-state index >= 15 is 0 Å². The average Bonchev–Trinajstić information content (AvgIpc) is 2.84. The number of hydrogen-bond donors (Lipinski definition) is 3. The van der Waals surface area contributed by atoms with E-state index in [2.05, 4.69) is 17.9 Å². The predicted molar refractivity (Wildman–Crippen MR) is 129 cm³/mol. The molecule has 0 aromatic heterocycles. The fraction of sp³-hybridized carbons (Fsp3) is 0.375. The molecule has 0 spiro atoms. The largest absolute Gasteiger partial charge is 0.491 e. The van der Waals surface area contributed by atoms with E-state index in [0.717, 1.165) is 0 Å². The number of hydrogen-bond acceptors (Lipinski definition) is 9. The third-order valence-electron chi connectivity index (χ3n) is 4.78. The number of methoxy groups -OCH3 is 1. The number of nitrogens with one attached hydrogen (secondary N) is 1. The number of benzene rings is 2. The first-order chi connectivity index (χ1) is 16.4. The maximum absolute atomic E-state index is 12.8. The number of rotatable bonds is 13. The molecule has 0 saturated carbocycles. The van der Waals surface area contributed by atoms with Gasteiger partial charge in [-0.05, 0) is 37.3 Å². The summed E-state index contributed by atoms with van der Waals surface area (Å²) in [6.45, 7) is 1.35. The van der Waals surface area contributed by atoms with Crippen molar-refractivity contribution < 1.29 is 38.4 Å². The smallest absolute Gasteiger partial charge is 0.412 e. The first kappa shape index (κ1) is 27.2. The number of carbonyl (C=O) groups is 3. The summed E-state index contributed by atoms with van der Waals surface area (Å²) >= 11 is 3.88. The van der Waals surface area contributed by atoms with Crippen LogP contribution in [0.4, 0.5) is 10.5 Å². The highest BCUT2D eigenvalue weighted by Crippen LogP contribution is 2.33. The van der Waals surface area contributed by atoms with Crippen molar-refractivity contribution in [2.75, 3.05) is 38.0 Å². The number of Topliss-reactive ketones (excluding diaryl/α,β-unsaturated/α-hetero) is 1. The van der Waals surface area contributed by atoms with Gasteiger partial charge < -0.3 is 24.1 Å². The second-order valence-corrected chi connectivity index (χ2v) is 7.45. The quantitative estimate of drug-likeness (QED) is 0.221. The van der Waals surface area contributed by atoms with Crippen molar-refractivity contribution in [1.29, 1.82) is 0 Å². The lowest BCUT2D eigenvalue weighted by Gasteiger charge is -2.28. The van der Waals surface area contributed by atoms with Crippen LogP contribution in [0.2, 0.25) is 0 Å². The van der Waals surface area contributed by atoms with Gasteiger partial charge in [-0.15, -0.1) is 0 Å². The minimum atomic E-state index is -0.925. The van der Waals surface area contributed by atoms with Crippen LogP contribution in [0.3, 0.4) is 0 Å². The number of carbonyl (C=O) groups excluding carboxylic acids is 3. The number of aliphatic hydroxyl groups is 1. The first-order valence-electron chi connectivity index (χ1n) is 10.6. The van der Waals surface area contributed by atoms with Crippen molar-refractivity contribution in [2.24, 2.45) is 0 Å². The number of ether oxygens (including phenoxy) is 4. The Morgan fingerprint density at radius 3 is 2.38 bits per heavy atom. The van der Waals surface area contributed by atoms with Crippen LogP contribution in [0.25, 0.3) is 0 Å². The van der Waals surface area contributed by atoms with Gasteiger partial charge >= 0.3 is 12.1 Å². The first-order valence-corrected chi connectivity index (χ1v) is 11.2. The van der Waals surface area contributed by atoms with E-state index in [0.29, 0.717) is 22.6 Å². The summed E-state index contributed by atoms with van der Waals surface area (Å²) in [6.07, 6.45) is -2.13. The Labute approximate surface area is 203 Å². The van der Waals surface area contributed by atoms with Crippen LogP contribution in [-0.4, -0.2) is 61.7 Å². The average molecular weight is 492 g/mol. The monoisotopic (exact) mass is 491 g/mol. The van der Waals surface area contributed by atoms with E-state index < -0.39 is 24.3 Å². The Bertz CT molecular complexity index is 950. The maximum atomic E-state index is 12.8. The van der Waals surface area contributed by atoms with Crippen LogP contribution in [0, 0.1) is 0 Å². The second-order valence-electron chi connectivity index (χ2n) is 7.14. The van der Waals surface area contributed by atoms with Crippen molar-refractivity contribution in [3.63, 3.8) is 0 Å². The SMILES string of the molecule is CO[C@@H](CCOC(=O)CS)[C@@H](OC(=O)Nc1ccc(C(C)=O)cc1)c1ccccc1OCCO. The van der Waals surface area contributed by atoms with Crippen molar-refractivity contribution in [1.82, 2.24) is 0 Å². The van der Waals surface area contributed by atoms with Crippen LogP contribution >= 0.6 is 12.6 Å². The molecule has 0 unspecified atom stereocenters. The number of anilines is 1. The molecule has 0 aliphatic heterocycles. The van der Waals surface area contributed by atoms with Gasteiger partial charge in [0, 0.05) is 30.3 Å². The molecule has 0 radical (unpaired) electrons. The van der Waals surface area contributed by atoms with Gasteiger partial charge in [0.05, 0.1) is 19.0 Å². The molecule has 0 heterocycles. The molecule has 1 amide bonds. The lowest BCUT2D eigenvalue weighted by molar-refractivity contribution is -0.141. The summed E-state index contributed by atoms with van der Waals surface area (Å²) in [6, 6.07) is 13.3. The molecule has 2 rings (SSSR count). The molecule has 9 nitrogen and oxygen atoms in total. The number of para-hydroxylation sites is 1. The Hall–Kier alpha value is -3.08. The molecule has 0 aliphatic rings. The van der Waals surface area contributed by atoms with Gasteiger partial charge in [-0.1, -0.05) is 18.2 Å². The fourth-order valence-electron chi connectivity index (χ4n) is 3.12. The molecule has 0 fully saturated rings. The van der Waals surface area contributed by atoms with Crippen molar-refractivity contribution in [2.45, 2.75) is 25.6 Å². The zero-order valence-corrected chi connectivity index (χ0v) is 20.0. The van der Waals surface area contributed by atoms with E-state index in [1.54, 1.807) is 48.5 Å². The van der Waals surface area contributed by atoms with Gasteiger partial charge in [-0.25, -0.2) is 4.79 Å². The number of amides is 1. The van der Waals surface area contributed by atoms with Crippen LogP contribution in [0.15, 0.2) is 48.5 Å². The minimum Gasteiger partial charge on any atom is -0.491 e. The van der Waals surface area contributed by atoms with Gasteiger partial charge in [0.2, 0.25) is 0 Å². The van der Waals surface area contributed by atoms with E-state index in [1.165, 1.54) is 14.0 Å². The van der Waals surface area contributed by atoms with E-state index in [-0.39, 0.29) is 37.8 Å². The molecule has 0 bridgehead atoms. The topological polar surface area (TPSA) is 120 Å². The number of aliphatic hydroxyl groups excluding tert-OH is 1. The van der Waals surface area contributed by atoms with Gasteiger partial charge in [0.15, 0.2) is 11.9 Å². The summed E-state index contributed by atoms with van der Waals surface area (Å²) in [5.41, 5.74) is 1.47. The van der Waals surface area contributed by atoms with Crippen LogP contribution in [0.1, 0.15) is 35.4 Å². The van der Waals surface area contributed by atoms with Crippen molar-refractivity contribution >= 4 is 36.2 Å². The highest BCUT2D eigenvalue weighted by atomic mass is 32.1. The number of thiol groups is 1. The van der Waals surface area contributed by atoms with Gasteiger partial charge in [-0.2, -0.15) is 12.6 Å². The van der Waals surface area contributed by atoms with Gasteiger partial charge in [0.25, 0.3) is 0 Å². The zero-order chi connectivity index (χ0) is 24.9. The highest BCUT2D eigenvalue weighted by molar-refractivity contribution is 7.81. The van der Waals surface area contributed by atoms with Crippen LogP contribution in [0.5, 0.6) is 5.75 Å². The Balaban J connectivity index is 2.24. The van der Waals surface area contributed by atoms with E-state index in [1.807, 2.05) is 0 Å². The molecule has 34 heavy (non-hydrogen) atoms. The lowest BCUT2D eigenvalue weighted by Crippen LogP contribution is -2.30. The Morgan fingerprint density at radius 1 is 1.06 bits per heavy atom. The third kappa shape index (κ3) is 8.36. The molecule has 184 valence electrons. The third-order valence-corrected chi connectivity index (χ3v) is 5.04. The van der Waals surface area contributed by atoms with E-state index in [4.69, 9.17) is 24.1 Å². The molecule has 2 aromatic rings. The molecular formula is C24H29NO8S. The Kier molecular flexibility index (Phi) is 11.4. The Morgan fingerprint density at radius 2 is 1.76 bits per heavy atom. The summed E-state index contributed by atoms with van der Waals surface area (Å²) in [5.74, 6) is -0.209. The summed E-state index contributed by atoms with van der Waals surface area (Å²) in [4.78, 5) is 35.7. The minimum absolute atomic E-state index is 0.0333. The molecule has 2 N–H and O–H groups in total. The zero-order valence-electron chi connectivity index (χ0n) is 19.1. The summed E-state index contributed by atoms with van der Waals surface area (Å²) in [5, 5.41) is 11.8. The van der Waals surface area contributed by atoms with Crippen LogP contribution < -0.4 is 10.1 Å². The molecular weight excluding hydrogens is 462 g/mol. The maximum Gasteiger partial charge on any atom is 0.412 e. The second kappa shape index (κ2) is 14.2. The normalized spacial score (nSPS) is 12.4. The fourth-order valence-corrected chi connectivity index (χ4v) is 3.21. The van der Waals surface area contributed by atoms with Crippen LogP contribution in [-0.2, 0) is 19.0 Å². The lowest BCUT2D eigenvalue weighted by atomic mass is 10.0. The van der Waals surface area contributed by atoms with Gasteiger partial charge in [0.1, 0.15) is 18.5 Å². The standard InChI is InChI=1S/C24H29NO8S/c1-16(27)17-7-9-18(10-8-17)25-24(29)33-23(21(30-2)11-13-32-22(28)15-34)19-5-3-4-6-20(19)31-14-12-26/h3-10,21,23,26,34H,11-15H2,1-2H3,(H,25,29)/t21-,23-/m0/s1. The number of esters is 1. The molecule has 2 atom stereocenters. The van der Waals surface area contributed by atoms with Crippen molar-refractivity contribution in [3.8, 4) is 5.75 Å². The summed E-state index contributed by atoms with van der Waals surface area (Å²) < 4.78 is 22.0. The molecule has 10 heteroatoms. The van der Waals surface area contributed by atoms with Gasteiger partial charge in [-0.3, -0.25) is 14.9 Å². The summed E-state index contributed by atoms with van der Waals surface area (Å²) in [7, 11) is 1.46. The predicted octanol–water partition coefficient (Wildman–Crippen LogP) is 3.43. The highest BCUT2D eigenvalue weighted by Gasteiger charge is 2.30. The molecule has 2 aromatic carbocycles. The number of ketones is 1. The molecule has 0 saturated heterocycles. The molecule has 0 aliphatic carbocycles. The van der Waals surface area contributed by atoms with Crippen molar-refractivity contribution in [3.05, 3.63) is 59.7 Å².